The molecule has 10 heteroatoms. The maximum Gasteiger partial charge on any atom is 0.224 e. The molecule has 1 aliphatic carbocycles. The Labute approximate surface area is 233 Å². The third kappa shape index (κ3) is 5.09. The molecule has 6 rings (SSSR count). The number of unbranched alkanes of at least 4 members (excludes halogenated alkanes) is 1. The summed E-state index contributed by atoms with van der Waals surface area (Å²) in [5, 5.41) is 8.65. The predicted molar refractivity (Wildman–Crippen MR) is 157 cm³/mol. The molecule has 4 aromatic rings. The number of hydrogen-bond donors (Lipinski definition) is 3. The summed E-state index contributed by atoms with van der Waals surface area (Å²) in [5.74, 6) is 0.692. The van der Waals surface area contributed by atoms with E-state index < -0.39 is 0 Å². The van der Waals surface area contributed by atoms with Gasteiger partial charge in [-0.15, -0.1) is 0 Å². The molecule has 1 fully saturated rings. The highest BCUT2D eigenvalue weighted by Crippen LogP contribution is 2.34. The number of allylic oxidation sites excluding steroid dienone is 3. The van der Waals surface area contributed by atoms with Crippen LogP contribution in [-0.2, 0) is 18.3 Å². The quantitative estimate of drug-likeness (QED) is 0.309. The molecular formula is C30H35N9O. The van der Waals surface area contributed by atoms with Gasteiger partial charge in [-0.25, -0.2) is 14.6 Å². The fraction of sp³-hybridized carbons (Fsp3) is 0.367. The van der Waals surface area contributed by atoms with E-state index in [1.807, 2.05) is 25.4 Å². The van der Waals surface area contributed by atoms with E-state index in [-0.39, 0.29) is 5.91 Å². The number of aromatic amines is 1. The number of imidazole rings is 1. The molecular weight excluding hydrogens is 502 g/mol. The first-order valence-corrected chi connectivity index (χ1v) is 14.1. The minimum atomic E-state index is -0.00466. The number of fused-ring (bicyclic) bond motifs is 2. The first kappa shape index (κ1) is 25.8. The lowest BCUT2D eigenvalue weighted by atomic mass is 10.1. The Morgan fingerprint density at radius 1 is 1.07 bits per heavy atom. The minimum absolute atomic E-state index is 0.00466. The summed E-state index contributed by atoms with van der Waals surface area (Å²) in [4.78, 5) is 32.4. The van der Waals surface area contributed by atoms with Crippen molar-refractivity contribution in [2.24, 2.45) is 12.8 Å². The zero-order valence-electron chi connectivity index (χ0n) is 23.1. The average molecular weight is 538 g/mol. The van der Waals surface area contributed by atoms with Gasteiger partial charge in [0.2, 0.25) is 5.91 Å². The largest absolute Gasteiger partial charge is 0.402 e. The van der Waals surface area contributed by atoms with Crippen molar-refractivity contribution in [1.82, 2.24) is 34.6 Å². The summed E-state index contributed by atoms with van der Waals surface area (Å²) in [6.45, 7) is 4.11. The number of aromatic nitrogens is 6. The normalized spacial score (nSPS) is 15.4. The third-order valence-corrected chi connectivity index (χ3v) is 7.57. The fourth-order valence-electron chi connectivity index (χ4n) is 5.48. The van der Waals surface area contributed by atoms with Crippen LogP contribution in [0.15, 0.2) is 48.6 Å². The zero-order valence-corrected chi connectivity index (χ0v) is 23.1. The second-order valence-electron chi connectivity index (χ2n) is 10.6. The summed E-state index contributed by atoms with van der Waals surface area (Å²) in [6.07, 6.45) is 15.9. The Morgan fingerprint density at radius 3 is 2.73 bits per heavy atom. The van der Waals surface area contributed by atoms with E-state index in [1.165, 1.54) is 19.3 Å². The number of pyridine rings is 2. The van der Waals surface area contributed by atoms with Gasteiger partial charge in [-0.2, -0.15) is 5.10 Å². The van der Waals surface area contributed by atoms with Crippen molar-refractivity contribution in [2.45, 2.75) is 51.9 Å². The lowest BCUT2D eigenvalue weighted by molar-refractivity contribution is -0.116. The molecule has 40 heavy (non-hydrogen) atoms. The van der Waals surface area contributed by atoms with Crippen LogP contribution in [0.4, 0.5) is 5.69 Å². The Kier molecular flexibility index (Phi) is 7.06. The highest BCUT2D eigenvalue weighted by atomic mass is 16.1. The number of nitrogens with two attached hydrogens (primary N) is 1. The van der Waals surface area contributed by atoms with Crippen LogP contribution in [0, 0.1) is 0 Å². The number of nitrogens with zero attached hydrogens (tertiary/aromatic N) is 6. The number of aryl methyl sites for hydroxylation is 1. The number of likely N-dealkylation sites (tertiary alicyclic amines) is 1. The van der Waals surface area contributed by atoms with E-state index in [0.29, 0.717) is 24.4 Å². The average Bonchev–Trinajstić information content (AvgIpc) is 3.48. The Morgan fingerprint density at radius 2 is 1.90 bits per heavy atom. The molecule has 0 unspecified atom stereocenters. The van der Waals surface area contributed by atoms with Crippen molar-refractivity contribution in [3.8, 4) is 22.6 Å². The second kappa shape index (κ2) is 11.0. The van der Waals surface area contributed by atoms with Gasteiger partial charge in [-0.05, 0) is 50.0 Å². The minimum Gasteiger partial charge on any atom is -0.402 e. The molecule has 2 aliphatic rings. The van der Waals surface area contributed by atoms with Gasteiger partial charge in [0.15, 0.2) is 11.5 Å². The van der Waals surface area contributed by atoms with Crippen LogP contribution >= 0.6 is 0 Å². The van der Waals surface area contributed by atoms with Crippen molar-refractivity contribution in [2.75, 3.05) is 18.4 Å². The molecule has 1 aliphatic heterocycles. The standard InChI is InChI=1S/C30H35N9O/c1-3-4-8-26(40)34-22-13-19(16-32-18-22)20-14-23-27(37-38(2)30(23)33-17-20)29-35-24-15-21(31)9-10-25(28(24)36-29)39-11-6-5-7-12-39/h9-10,13-14,16-18H,3-8,11-12,15,31H2,1-2H3,(H,34,40)(H,35,36). The van der Waals surface area contributed by atoms with Gasteiger partial charge in [0.1, 0.15) is 11.4 Å². The Balaban J connectivity index is 1.36. The van der Waals surface area contributed by atoms with E-state index in [9.17, 15) is 4.79 Å². The Hall–Kier alpha value is -4.47. The lowest BCUT2D eigenvalue weighted by Crippen LogP contribution is -2.28. The van der Waals surface area contributed by atoms with Gasteiger partial charge in [-0.3, -0.25) is 9.78 Å². The molecule has 206 valence electrons. The number of amides is 1. The Bertz CT molecular complexity index is 1620. The third-order valence-electron chi connectivity index (χ3n) is 7.57. The molecule has 4 N–H and O–H groups in total. The van der Waals surface area contributed by atoms with Crippen LogP contribution < -0.4 is 11.1 Å². The van der Waals surface area contributed by atoms with Gasteiger partial charge >= 0.3 is 0 Å². The number of piperidine rings is 1. The topological polar surface area (TPSA) is 131 Å². The van der Waals surface area contributed by atoms with E-state index in [4.69, 9.17) is 20.8 Å². The maximum absolute atomic E-state index is 12.3. The molecule has 0 spiro atoms. The van der Waals surface area contributed by atoms with Crippen LogP contribution in [0.1, 0.15) is 56.8 Å². The second-order valence-corrected chi connectivity index (χ2v) is 10.6. The van der Waals surface area contributed by atoms with Crippen LogP contribution in [0.2, 0.25) is 0 Å². The first-order valence-electron chi connectivity index (χ1n) is 14.1. The smallest absolute Gasteiger partial charge is 0.224 e. The summed E-state index contributed by atoms with van der Waals surface area (Å²) < 4.78 is 1.78. The lowest BCUT2D eigenvalue weighted by Gasteiger charge is -2.30. The number of nitrogens with one attached hydrogen (secondary N) is 2. The van der Waals surface area contributed by atoms with Crippen LogP contribution in [-0.4, -0.2) is 53.6 Å². The van der Waals surface area contributed by atoms with Crippen molar-refractivity contribution in [1.29, 1.82) is 0 Å². The molecule has 4 aromatic heterocycles. The molecule has 1 saturated heterocycles. The van der Waals surface area contributed by atoms with Crippen molar-refractivity contribution in [3.63, 3.8) is 0 Å². The summed E-state index contributed by atoms with van der Waals surface area (Å²) >= 11 is 0. The van der Waals surface area contributed by atoms with Gasteiger partial charge in [0, 0.05) is 62.2 Å². The zero-order chi connectivity index (χ0) is 27.6. The summed E-state index contributed by atoms with van der Waals surface area (Å²) in [6, 6.07) is 3.99. The van der Waals surface area contributed by atoms with Gasteiger partial charge in [0.25, 0.3) is 0 Å². The number of carbonyl (C=O) groups is 1. The number of hydrogen-bond acceptors (Lipinski definition) is 7. The molecule has 0 atom stereocenters. The van der Waals surface area contributed by atoms with Gasteiger partial charge < -0.3 is 20.9 Å². The molecule has 10 nitrogen and oxygen atoms in total. The molecule has 0 radical (unpaired) electrons. The molecule has 0 saturated carbocycles. The summed E-state index contributed by atoms with van der Waals surface area (Å²) in [5.41, 5.74) is 14.1. The van der Waals surface area contributed by atoms with E-state index in [2.05, 4.69) is 39.3 Å². The molecule has 0 bridgehead atoms. The van der Waals surface area contributed by atoms with E-state index in [0.717, 1.165) is 76.6 Å². The molecule has 1 amide bonds. The van der Waals surface area contributed by atoms with Crippen molar-refractivity contribution < 1.29 is 4.79 Å². The molecule has 5 heterocycles. The number of carbonyl (C=O) groups excluding carboxylic acids is 1. The highest BCUT2D eigenvalue weighted by molar-refractivity contribution is 5.94. The predicted octanol–water partition coefficient (Wildman–Crippen LogP) is 4.77. The highest BCUT2D eigenvalue weighted by Gasteiger charge is 2.25. The number of H-pyrrole nitrogens is 1. The monoisotopic (exact) mass is 537 g/mol. The summed E-state index contributed by atoms with van der Waals surface area (Å²) in [7, 11) is 1.89. The van der Waals surface area contributed by atoms with Crippen LogP contribution in [0.3, 0.4) is 0 Å². The SMILES string of the molecule is CCCCC(=O)Nc1cncc(-c2cnc3c(c2)c(-c2nc4c([nH]2)CC(N)=CC=C4N2CCCCC2)nn3C)c1. The fourth-order valence-corrected chi connectivity index (χ4v) is 5.48. The van der Waals surface area contributed by atoms with E-state index >= 15 is 0 Å². The maximum atomic E-state index is 12.3. The number of rotatable bonds is 7. The van der Waals surface area contributed by atoms with Crippen LogP contribution in [0.5, 0.6) is 0 Å². The van der Waals surface area contributed by atoms with Crippen molar-refractivity contribution in [3.05, 3.63) is 60.0 Å². The van der Waals surface area contributed by atoms with Gasteiger partial charge in [-0.1, -0.05) is 13.3 Å². The van der Waals surface area contributed by atoms with Crippen LogP contribution in [0.25, 0.3) is 39.4 Å². The van der Waals surface area contributed by atoms with Crippen molar-refractivity contribution >= 4 is 28.3 Å². The molecule has 0 aromatic carbocycles. The number of anilines is 1. The van der Waals surface area contributed by atoms with E-state index in [1.54, 1.807) is 17.1 Å². The first-order chi connectivity index (χ1) is 19.5. The van der Waals surface area contributed by atoms with Gasteiger partial charge in [0.05, 0.1) is 28.7 Å².